The predicted octanol–water partition coefficient (Wildman–Crippen LogP) is 5.12. The fraction of sp³-hybridized carbons (Fsp3) is 0.267. The number of aromatic nitrogens is 2. The van der Waals surface area contributed by atoms with Crippen LogP contribution in [0.25, 0.3) is 11.3 Å². The molecule has 40 heavy (non-hydrogen) atoms. The van der Waals surface area contributed by atoms with Gasteiger partial charge in [0.1, 0.15) is 0 Å². The van der Waals surface area contributed by atoms with Gasteiger partial charge in [-0.25, -0.2) is 9.97 Å². The lowest BCUT2D eigenvalue weighted by atomic mass is 10.1. The van der Waals surface area contributed by atoms with Crippen LogP contribution in [0.5, 0.6) is 0 Å². The van der Waals surface area contributed by atoms with Crippen LogP contribution in [0.1, 0.15) is 33.8 Å². The molecule has 0 spiro atoms. The maximum atomic E-state index is 12.6. The smallest absolute Gasteiger partial charge is 0.289 e. The zero-order valence-corrected chi connectivity index (χ0v) is 22.8. The van der Waals surface area contributed by atoms with Crippen LogP contribution in [0, 0.1) is 0 Å². The second-order valence-electron chi connectivity index (χ2n) is 9.34. The Balaban J connectivity index is 1.25. The molecule has 2 aromatic carbocycles. The molecule has 2 aromatic heterocycles. The number of piperazine rings is 1. The maximum absolute atomic E-state index is 12.6. The fourth-order valence-electron chi connectivity index (χ4n) is 4.54. The molecule has 0 bridgehead atoms. The Hall–Kier alpha value is -4.15. The van der Waals surface area contributed by atoms with Gasteiger partial charge in [0.2, 0.25) is 5.95 Å². The monoisotopic (exact) mass is 557 g/mol. The highest BCUT2D eigenvalue weighted by Crippen LogP contribution is 2.28. The third-order valence-electron chi connectivity index (χ3n) is 6.68. The van der Waals surface area contributed by atoms with Gasteiger partial charge in [0, 0.05) is 66.4 Å². The Kier molecular flexibility index (Phi) is 9.10. The summed E-state index contributed by atoms with van der Waals surface area (Å²) in [6.45, 7) is 2.48. The molecule has 1 aliphatic heterocycles. The second kappa shape index (κ2) is 13.3. The van der Waals surface area contributed by atoms with Crippen molar-refractivity contribution >= 4 is 41.3 Å². The topological polar surface area (TPSA) is 112 Å². The van der Waals surface area contributed by atoms with E-state index in [-0.39, 0.29) is 12.5 Å². The van der Waals surface area contributed by atoms with Crippen LogP contribution < -0.4 is 10.2 Å². The van der Waals surface area contributed by atoms with E-state index in [9.17, 15) is 9.59 Å². The first kappa shape index (κ1) is 27.4. The summed E-state index contributed by atoms with van der Waals surface area (Å²) in [4.78, 5) is 38.6. The number of hydrogen-bond acceptors (Lipinski definition) is 9. The van der Waals surface area contributed by atoms with Gasteiger partial charge in [-0.2, -0.15) is 0 Å². The van der Waals surface area contributed by atoms with E-state index in [1.165, 1.54) is 11.2 Å². The molecule has 0 aliphatic carbocycles. The molecule has 0 unspecified atom stereocenters. The van der Waals surface area contributed by atoms with Crippen molar-refractivity contribution in [3.05, 3.63) is 84.4 Å². The number of carbonyl (C=O) groups excluding carboxylic acids is 2. The van der Waals surface area contributed by atoms with Crippen LogP contribution in [0.15, 0.2) is 82.4 Å². The van der Waals surface area contributed by atoms with E-state index >= 15 is 0 Å². The standard InChI is InChI=1S/C30H31N5O4S/c36-17-1-2-19-40-25-9-6-22(7-10-25)26-11-12-31-30(33-26)32-24-8-5-23(21-37)27(20-24)34-13-15-35(16-14-34)29(38)28-4-3-18-39-28/h3-12,18,20-21,36H,1-2,13-17,19H2,(H,31,32,33). The fourth-order valence-corrected chi connectivity index (χ4v) is 5.45. The molecule has 0 radical (unpaired) electrons. The lowest BCUT2D eigenvalue weighted by Gasteiger charge is -2.36. The number of aliphatic hydroxyl groups excluding tert-OH is 1. The second-order valence-corrected chi connectivity index (χ2v) is 10.5. The van der Waals surface area contributed by atoms with Gasteiger partial charge in [-0.1, -0.05) is 12.1 Å². The molecule has 0 atom stereocenters. The molecule has 5 rings (SSSR count). The number of nitrogens with zero attached hydrogens (tertiary/aromatic N) is 4. The van der Waals surface area contributed by atoms with Gasteiger partial charge in [-0.3, -0.25) is 9.59 Å². The first-order valence-electron chi connectivity index (χ1n) is 13.3. The van der Waals surface area contributed by atoms with Gasteiger partial charge in [0.05, 0.1) is 12.0 Å². The van der Waals surface area contributed by atoms with Crippen molar-refractivity contribution in [2.45, 2.75) is 17.7 Å². The third-order valence-corrected chi connectivity index (χ3v) is 7.78. The lowest BCUT2D eigenvalue weighted by Crippen LogP contribution is -2.49. The number of aldehydes is 1. The van der Waals surface area contributed by atoms with E-state index in [0.717, 1.165) is 47.5 Å². The molecule has 9 nitrogen and oxygen atoms in total. The number of furan rings is 1. The van der Waals surface area contributed by atoms with Gasteiger partial charge in [0.25, 0.3) is 5.91 Å². The minimum atomic E-state index is -0.126. The minimum absolute atomic E-state index is 0.126. The number of hydrogen-bond donors (Lipinski definition) is 2. The Labute approximate surface area is 237 Å². The number of thioether (sulfide) groups is 1. The number of rotatable bonds is 11. The summed E-state index contributed by atoms with van der Waals surface area (Å²) < 4.78 is 5.25. The van der Waals surface area contributed by atoms with Crippen molar-refractivity contribution in [2.75, 3.05) is 48.8 Å². The maximum Gasteiger partial charge on any atom is 0.289 e. The molecule has 206 valence electrons. The third kappa shape index (κ3) is 6.70. The largest absolute Gasteiger partial charge is 0.459 e. The number of anilines is 3. The van der Waals surface area contributed by atoms with E-state index in [0.29, 0.717) is 43.5 Å². The van der Waals surface area contributed by atoms with Gasteiger partial charge < -0.3 is 24.6 Å². The van der Waals surface area contributed by atoms with Gasteiger partial charge in [-0.15, -0.1) is 11.8 Å². The molecule has 3 heterocycles. The molecule has 1 aliphatic rings. The van der Waals surface area contributed by atoms with Crippen LogP contribution in [-0.4, -0.2) is 70.7 Å². The van der Waals surface area contributed by atoms with Crippen LogP contribution in [0.4, 0.5) is 17.3 Å². The van der Waals surface area contributed by atoms with Gasteiger partial charge >= 0.3 is 0 Å². The Morgan fingerprint density at radius 1 is 1.05 bits per heavy atom. The number of nitrogens with one attached hydrogen (secondary N) is 1. The summed E-state index contributed by atoms with van der Waals surface area (Å²) in [5.74, 6) is 1.64. The molecule has 0 saturated carbocycles. The zero-order valence-electron chi connectivity index (χ0n) is 22.0. The van der Waals surface area contributed by atoms with Crippen molar-refractivity contribution in [1.82, 2.24) is 14.9 Å². The molecule has 1 amide bonds. The summed E-state index contributed by atoms with van der Waals surface area (Å²) in [6.07, 6.45) is 5.88. The summed E-state index contributed by atoms with van der Waals surface area (Å²) in [5.41, 5.74) is 3.94. The zero-order chi connectivity index (χ0) is 27.7. The van der Waals surface area contributed by atoms with Crippen molar-refractivity contribution < 1.29 is 19.1 Å². The normalized spacial score (nSPS) is 13.3. The van der Waals surface area contributed by atoms with Crippen LogP contribution in [0.3, 0.4) is 0 Å². The first-order valence-corrected chi connectivity index (χ1v) is 14.2. The molecule has 1 saturated heterocycles. The quantitative estimate of drug-likeness (QED) is 0.147. The van der Waals surface area contributed by atoms with Gasteiger partial charge in [-0.05, 0) is 67.1 Å². The highest BCUT2D eigenvalue weighted by Gasteiger charge is 2.25. The van der Waals surface area contributed by atoms with Crippen molar-refractivity contribution in [2.24, 2.45) is 0 Å². The average molecular weight is 558 g/mol. The molecule has 1 fully saturated rings. The summed E-state index contributed by atoms with van der Waals surface area (Å²) in [6, 6.07) is 19.1. The van der Waals surface area contributed by atoms with Crippen LogP contribution in [-0.2, 0) is 0 Å². The number of aliphatic hydroxyl groups is 1. The minimum Gasteiger partial charge on any atom is -0.459 e. The highest BCUT2D eigenvalue weighted by atomic mass is 32.2. The highest BCUT2D eigenvalue weighted by molar-refractivity contribution is 7.99. The van der Waals surface area contributed by atoms with Crippen LogP contribution >= 0.6 is 11.8 Å². The Morgan fingerprint density at radius 2 is 1.88 bits per heavy atom. The first-order chi connectivity index (χ1) is 19.6. The molecule has 10 heteroatoms. The van der Waals surface area contributed by atoms with E-state index < -0.39 is 0 Å². The summed E-state index contributed by atoms with van der Waals surface area (Å²) >= 11 is 1.78. The van der Waals surface area contributed by atoms with E-state index in [1.54, 1.807) is 41.1 Å². The predicted molar refractivity (Wildman–Crippen MR) is 156 cm³/mol. The Bertz CT molecular complexity index is 1420. The van der Waals surface area contributed by atoms with E-state index in [4.69, 9.17) is 14.5 Å². The number of amides is 1. The van der Waals surface area contributed by atoms with Crippen LogP contribution in [0.2, 0.25) is 0 Å². The molecule has 2 N–H and O–H groups in total. The van der Waals surface area contributed by atoms with Crippen molar-refractivity contribution in [1.29, 1.82) is 0 Å². The van der Waals surface area contributed by atoms with Gasteiger partial charge in [0.15, 0.2) is 12.0 Å². The molecule has 4 aromatic rings. The number of carbonyl (C=O) groups is 2. The van der Waals surface area contributed by atoms with Crippen molar-refractivity contribution in [3.63, 3.8) is 0 Å². The molecular weight excluding hydrogens is 526 g/mol. The van der Waals surface area contributed by atoms with E-state index in [1.807, 2.05) is 30.3 Å². The van der Waals surface area contributed by atoms with Crippen molar-refractivity contribution in [3.8, 4) is 11.3 Å². The average Bonchev–Trinajstić information content (AvgIpc) is 3.55. The number of unbranched alkanes of at least 4 members (excludes halogenated alkanes) is 1. The Morgan fingerprint density at radius 3 is 2.60 bits per heavy atom. The number of benzene rings is 2. The SMILES string of the molecule is O=Cc1ccc(Nc2nccc(-c3ccc(SCCCCO)cc3)n2)cc1N1CCN(C(=O)c2ccco2)CC1. The molecular formula is C30H31N5O4S. The summed E-state index contributed by atoms with van der Waals surface area (Å²) in [7, 11) is 0. The van der Waals surface area contributed by atoms with E-state index in [2.05, 4.69) is 27.3 Å². The lowest BCUT2D eigenvalue weighted by molar-refractivity contribution is 0.0714. The summed E-state index contributed by atoms with van der Waals surface area (Å²) in [5, 5.41) is 12.2.